The topological polar surface area (TPSA) is 69.6 Å². The first-order chi connectivity index (χ1) is 9.63. The first-order valence-electron chi connectivity index (χ1n) is 6.87. The molecule has 0 saturated carbocycles. The molecule has 1 saturated heterocycles. The summed E-state index contributed by atoms with van der Waals surface area (Å²) in [6.45, 7) is 1.94. The average molecular weight is 276 g/mol. The molecule has 0 unspecified atom stereocenters. The first kappa shape index (κ1) is 14.5. The Morgan fingerprint density at radius 2 is 2.10 bits per heavy atom. The summed E-state index contributed by atoms with van der Waals surface area (Å²) >= 11 is 0. The van der Waals surface area contributed by atoms with Gasteiger partial charge in [0.1, 0.15) is 6.04 Å². The second-order valence-corrected chi connectivity index (χ2v) is 5.02. The van der Waals surface area contributed by atoms with Gasteiger partial charge in [0.25, 0.3) is 0 Å². The Bertz CT molecular complexity index is 475. The quantitative estimate of drug-likeness (QED) is 0.856. The van der Waals surface area contributed by atoms with E-state index in [4.69, 9.17) is 0 Å². The molecule has 108 valence electrons. The lowest BCUT2D eigenvalue weighted by molar-refractivity contribution is -0.137. The van der Waals surface area contributed by atoms with Crippen LogP contribution in [0.1, 0.15) is 31.4 Å². The largest absolute Gasteiger partial charge is 0.394 e. The van der Waals surface area contributed by atoms with Crippen LogP contribution in [-0.2, 0) is 9.59 Å². The molecule has 0 bridgehead atoms. The molecule has 1 aliphatic heterocycles. The van der Waals surface area contributed by atoms with E-state index in [1.807, 2.05) is 30.3 Å². The summed E-state index contributed by atoms with van der Waals surface area (Å²) < 4.78 is 0. The molecule has 5 heteroatoms. The molecule has 2 rings (SSSR count). The second kappa shape index (κ2) is 6.52. The van der Waals surface area contributed by atoms with E-state index in [2.05, 4.69) is 5.32 Å². The number of likely N-dealkylation sites (tertiary alicyclic amines) is 1. The maximum Gasteiger partial charge on any atom is 0.243 e. The predicted octanol–water partition coefficient (Wildman–Crippen LogP) is 0.847. The van der Waals surface area contributed by atoms with Crippen molar-refractivity contribution in [1.82, 2.24) is 10.2 Å². The molecule has 2 atom stereocenters. The Hall–Kier alpha value is -1.88. The van der Waals surface area contributed by atoms with Crippen molar-refractivity contribution in [2.24, 2.45) is 0 Å². The zero-order valence-corrected chi connectivity index (χ0v) is 11.6. The number of amides is 2. The Balaban J connectivity index is 2.04. The van der Waals surface area contributed by atoms with Gasteiger partial charge in [-0.1, -0.05) is 30.3 Å². The molecule has 2 amide bonds. The number of hydrogen-bond acceptors (Lipinski definition) is 3. The SMILES string of the molecule is CC(=O)N1CCC[C@H]1C(=O)N[C@H](CO)c1ccccc1. The number of carbonyl (C=O) groups is 2. The predicted molar refractivity (Wildman–Crippen MR) is 74.8 cm³/mol. The van der Waals surface area contributed by atoms with Gasteiger partial charge in [-0.05, 0) is 18.4 Å². The maximum atomic E-state index is 12.3. The fraction of sp³-hybridized carbons (Fsp3) is 0.467. The van der Waals surface area contributed by atoms with Crippen LogP contribution >= 0.6 is 0 Å². The molecule has 5 nitrogen and oxygen atoms in total. The molecule has 0 aliphatic carbocycles. The monoisotopic (exact) mass is 276 g/mol. The smallest absolute Gasteiger partial charge is 0.243 e. The summed E-state index contributed by atoms with van der Waals surface area (Å²) in [5, 5.41) is 12.3. The molecule has 1 aromatic carbocycles. The van der Waals surface area contributed by atoms with Gasteiger partial charge in [-0.3, -0.25) is 9.59 Å². The summed E-state index contributed by atoms with van der Waals surface area (Å²) in [7, 11) is 0. The highest BCUT2D eigenvalue weighted by Crippen LogP contribution is 2.19. The van der Waals surface area contributed by atoms with Crippen LogP contribution in [0.3, 0.4) is 0 Å². The summed E-state index contributed by atoms with van der Waals surface area (Å²) in [6.07, 6.45) is 1.52. The molecule has 0 spiro atoms. The number of aliphatic hydroxyl groups is 1. The zero-order valence-electron chi connectivity index (χ0n) is 11.6. The van der Waals surface area contributed by atoms with Crippen LogP contribution in [0.25, 0.3) is 0 Å². The number of nitrogens with zero attached hydrogens (tertiary/aromatic N) is 1. The third-order valence-electron chi connectivity index (χ3n) is 3.66. The van der Waals surface area contributed by atoms with Gasteiger partial charge in [0, 0.05) is 13.5 Å². The molecule has 2 N–H and O–H groups in total. The van der Waals surface area contributed by atoms with Crippen molar-refractivity contribution in [3.63, 3.8) is 0 Å². The Labute approximate surface area is 118 Å². The van der Waals surface area contributed by atoms with E-state index in [1.54, 1.807) is 4.90 Å². The molecule has 1 fully saturated rings. The minimum absolute atomic E-state index is 0.0806. The van der Waals surface area contributed by atoms with Crippen LogP contribution < -0.4 is 5.32 Å². The van der Waals surface area contributed by atoms with Gasteiger partial charge in [-0.15, -0.1) is 0 Å². The van der Waals surface area contributed by atoms with E-state index in [-0.39, 0.29) is 18.4 Å². The van der Waals surface area contributed by atoms with Gasteiger partial charge in [-0.25, -0.2) is 0 Å². The fourth-order valence-electron chi connectivity index (χ4n) is 2.60. The van der Waals surface area contributed by atoms with Crippen LogP contribution in [0.4, 0.5) is 0 Å². The lowest BCUT2D eigenvalue weighted by Gasteiger charge is -2.25. The van der Waals surface area contributed by atoms with Crippen molar-refractivity contribution in [3.05, 3.63) is 35.9 Å². The second-order valence-electron chi connectivity index (χ2n) is 5.02. The van der Waals surface area contributed by atoms with Gasteiger partial charge in [0.15, 0.2) is 0 Å². The van der Waals surface area contributed by atoms with E-state index in [0.717, 1.165) is 12.0 Å². The van der Waals surface area contributed by atoms with Gasteiger partial charge >= 0.3 is 0 Å². The fourth-order valence-corrected chi connectivity index (χ4v) is 2.60. The molecule has 1 heterocycles. The van der Waals surface area contributed by atoms with E-state index < -0.39 is 12.1 Å². The number of carbonyl (C=O) groups excluding carboxylic acids is 2. The molecule has 0 aromatic heterocycles. The van der Waals surface area contributed by atoms with Crippen LogP contribution in [0.15, 0.2) is 30.3 Å². The van der Waals surface area contributed by atoms with Crippen LogP contribution in [0.2, 0.25) is 0 Å². The number of benzene rings is 1. The molecular formula is C15H20N2O3. The van der Waals surface area contributed by atoms with E-state index in [0.29, 0.717) is 13.0 Å². The van der Waals surface area contributed by atoms with Gasteiger partial charge in [-0.2, -0.15) is 0 Å². The number of rotatable bonds is 4. The number of hydrogen-bond donors (Lipinski definition) is 2. The van der Waals surface area contributed by atoms with Gasteiger partial charge in [0.2, 0.25) is 11.8 Å². The van der Waals surface area contributed by atoms with Crippen LogP contribution in [0, 0.1) is 0 Å². The molecule has 1 aliphatic rings. The lowest BCUT2D eigenvalue weighted by Crippen LogP contribution is -2.46. The highest BCUT2D eigenvalue weighted by atomic mass is 16.3. The van der Waals surface area contributed by atoms with Crippen molar-refractivity contribution in [2.75, 3.05) is 13.2 Å². The summed E-state index contributed by atoms with van der Waals surface area (Å²) in [6, 6.07) is 8.48. The highest BCUT2D eigenvalue weighted by Gasteiger charge is 2.33. The van der Waals surface area contributed by atoms with Crippen molar-refractivity contribution < 1.29 is 14.7 Å². The Kier molecular flexibility index (Phi) is 4.74. The van der Waals surface area contributed by atoms with Crippen molar-refractivity contribution in [3.8, 4) is 0 Å². The van der Waals surface area contributed by atoms with E-state index >= 15 is 0 Å². The van der Waals surface area contributed by atoms with Crippen molar-refractivity contribution >= 4 is 11.8 Å². The summed E-state index contributed by atoms with van der Waals surface area (Å²) in [4.78, 5) is 25.4. The van der Waals surface area contributed by atoms with Crippen LogP contribution in [-0.4, -0.2) is 41.0 Å². The Morgan fingerprint density at radius 1 is 1.40 bits per heavy atom. The molecular weight excluding hydrogens is 256 g/mol. The summed E-state index contributed by atoms with van der Waals surface area (Å²) in [5.74, 6) is -0.275. The average Bonchev–Trinajstić information content (AvgIpc) is 2.95. The van der Waals surface area contributed by atoms with Crippen LogP contribution in [0.5, 0.6) is 0 Å². The minimum Gasteiger partial charge on any atom is -0.394 e. The van der Waals surface area contributed by atoms with Gasteiger partial charge < -0.3 is 15.3 Å². The van der Waals surface area contributed by atoms with Crippen molar-refractivity contribution in [1.29, 1.82) is 0 Å². The van der Waals surface area contributed by atoms with Crippen molar-refractivity contribution in [2.45, 2.75) is 31.8 Å². The van der Waals surface area contributed by atoms with E-state index in [9.17, 15) is 14.7 Å². The molecule has 20 heavy (non-hydrogen) atoms. The maximum absolute atomic E-state index is 12.3. The third-order valence-corrected chi connectivity index (χ3v) is 3.66. The molecule has 0 radical (unpaired) electrons. The zero-order chi connectivity index (χ0) is 14.5. The minimum atomic E-state index is -0.432. The summed E-state index contributed by atoms with van der Waals surface area (Å²) in [5.41, 5.74) is 0.857. The molecule has 1 aromatic rings. The first-order valence-corrected chi connectivity index (χ1v) is 6.87. The lowest BCUT2D eigenvalue weighted by atomic mass is 10.1. The normalized spacial score (nSPS) is 19.7. The number of aliphatic hydroxyl groups excluding tert-OH is 1. The van der Waals surface area contributed by atoms with Gasteiger partial charge in [0.05, 0.1) is 12.6 Å². The van der Waals surface area contributed by atoms with E-state index in [1.165, 1.54) is 6.92 Å². The highest BCUT2D eigenvalue weighted by molar-refractivity contribution is 5.87. The standard InChI is InChI=1S/C15H20N2O3/c1-11(19)17-9-5-8-14(17)15(20)16-13(10-18)12-6-3-2-4-7-12/h2-4,6-7,13-14,18H,5,8-10H2,1H3,(H,16,20)/t13-,14+/m1/s1. The Morgan fingerprint density at radius 3 is 2.70 bits per heavy atom. The number of nitrogens with one attached hydrogen (secondary N) is 1. The third kappa shape index (κ3) is 3.17.